The highest BCUT2D eigenvalue weighted by molar-refractivity contribution is 5.83. The fourth-order valence-electron chi connectivity index (χ4n) is 4.11. The first-order valence-corrected chi connectivity index (χ1v) is 12.3. The summed E-state index contributed by atoms with van der Waals surface area (Å²) >= 11 is 0. The van der Waals surface area contributed by atoms with Gasteiger partial charge in [0.05, 0.1) is 17.2 Å². The van der Waals surface area contributed by atoms with Crippen LogP contribution >= 0.6 is 0 Å². The van der Waals surface area contributed by atoms with Gasteiger partial charge in [0.1, 0.15) is 5.75 Å². The van der Waals surface area contributed by atoms with E-state index in [2.05, 4.69) is 58.4 Å². The quantitative estimate of drug-likeness (QED) is 0.389. The van der Waals surface area contributed by atoms with Crippen molar-refractivity contribution >= 4 is 11.9 Å². The van der Waals surface area contributed by atoms with Gasteiger partial charge in [-0.3, -0.25) is 0 Å². The summed E-state index contributed by atoms with van der Waals surface area (Å²) in [5.41, 5.74) is -0.115. The molecule has 0 aromatic heterocycles. The standard InChI is InChI=1S/C16H25NO2.C6H15N.C4H6O6/c1-15(2)11-14(18-5)12-16(3,4)17(15)19-13-9-7-6-8-10-13;1-4-7(5-2)6-3;5-1(3(7)8)2(6)4(9)10/h6-10,14H,11-12H2,1-5H3;4-6H2,1-3H3;1-2,5-6H,(H,7,8)(H,9,10). The summed E-state index contributed by atoms with van der Waals surface area (Å²) in [6.07, 6.45) is -2.30. The Bertz CT molecular complexity index is 727. The van der Waals surface area contributed by atoms with Gasteiger partial charge in [-0.1, -0.05) is 39.0 Å². The summed E-state index contributed by atoms with van der Waals surface area (Å²) in [5.74, 6) is -2.65. The van der Waals surface area contributed by atoms with Crippen LogP contribution in [0.1, 0.15) is 61.3 Å². The highest BCUT2D eigenvalue weighted by Crippen LogP contribution is 2.39. The predicted octanol–water partition coefficient (Wildman–Crippen LogP) is 2.87. The number of nitrogens with zero attached hydrogens (tertiary/aromatic N) is 2. The molecular formula is C26H46N2O8. The Balaban J connectivity index is 0.000000605. The molecule has 0 saturated carbocycles. The number of carboxylic acids is 2. The third kappa shape index (κ3) is 11.2. The summed E-state index contributed by atoms with van der Waals surface area (Å²) in [6, 6.07) is 9.98. The number of ether oxygens (including phenoxy) is 1. The Hall–Kier alpha value is -2.24. The highest BCUT2D eigenvalue weighted by Gasteiger charge is 2.47. The van der Waals surface area contributed by atoms with Gasteiger partial charge in [-0.05, 0) is 72.3 Å². The van der Waals surface area contributed by atoms with Gasteiger partial charge < -0.3 is 34.9 Å². The first-order valence-electron chi connectivity index (χ1n) is 12.3. The fourth-order valence-corrected chi connectivity index (χ4v) is 4.11. The number of hydrogen-bond donors (Lipinski definition) is 4. The molecule has 1 heterocycles. The summed E-state index contributed by atoms with van der Waals surface area (Å²) in [7, 11) is 1.80. The van der Waals surface area contributed by atoms with Gasteiger partial charge in [0.25, 0.3) is 0 Å². The number of rotatable bonds is 9. The van der Waals surface area contributed by atoms with Crippen LogP contribution in [-0.4, -0.2) is 98.5 Å². The minimum atomic E-state index is -2.27. The van der Waals surface area contributed by atoms with Crippen LogP contribution < -0.4 is 4.84 Å². The van der Waals surface area contributed by atoms with E-state index in [1.54, 1.807) is 7.11 Å². The normalized spacial score (nSPS) is 18.6. The van der Waals surface area contributed by atoms with Crippen LogP contribution in [0.3, 0.4) is 0 Å². The Labute approximate surface area is 215 Å². The zero-order valence-corrected chi connectivity index (χ0v) is 23.0. The third-order valence-corrected chi connectivity index (χ3v) is 5.97. The number of carboxylic acid groups (broad SMARTS) is 2. The van der Waals surface area contributed by atoms with E-state index in [1.807, 2.05) is 30.3 Å². The second kappa shape index (κ2) is 15.8. The number of aliphatic hydroxyl groups is 2. The molecule has 1 saturated heterocycles. The second-order valence-corrected chi connectivity index (χ2v) is 9.78. The summed E-state index contributed by atoms with van der Waals surface area (Å²) in [4.78, 5) is 28.1. The largest absolute Gasteiger partial charge is 0.479 e. The minimum absolute atomic E-state index is 0.0573. The van der Waals surface area contributed by atoms with Crippen LogP contribution in [0, 0.1) is 0 Å². The van der Waals surface area contributed by atoms with Gasteiger partial charge in [-0.15, -0.1) is 5.06 Å². The predicted molar refractivity (Wildman–Crippen MR) is 138 cm³/mol. The number of aliphatic hydroxyl groups excluding tert-OH is 2. The van der Waals surface area contributed by atoms with E-state index in [1.165, 1.54) is 19.6 Å². The molecule has 0 amide bonds. The highest BCUT2D eigenvalue weighted by atomic mass is 16.7. The smallest absolute Gasteiger partial charge is 0.335 e. The van der Waals surface area contributed by atoms with E-state index < -0.39 is 24.1 Å². The Morgan fingerprint density at radius 2 is 1.31 bits per heavy atom. The number of para-hydroxylation sites is 1. The van der Waals surface area contributed by atoms with Crippen LogP contribution in [0.5, 0.6) is 5.75 Å². The van der Waals surface area contributed by atoms with Crippen molar-refractivity contribution in [3.63, 3.8) is 0 Å². The topological polar surface area (TPSA) is 140 Å². The van der Waals surface area contributed by atoms with Crippen LogP contribution in [0.4, 0.5) is 0 Å². The lowest BCUT2D eigenvalue weighted by Gasteiger charge is -2.52. The molecule has 2 atom stereocenters. The van der Waals surface area contributed by atoms with Gasteiger partial charge >= 0.3 is 11.9 Å². The van der Waals surface area contributed by atoms with E-state index >= 15 is 0 Å². The number of aliphatic carboxylic acids is 2. The van der Waals surface area contributed by atoms with Gasteiger partial charge in [-0.2, -0.15) is 0 Å². The molecule has 0 radical (unpaired) electrons. The fraction of sp³-hybridized carbons (Fsp3) is 0.692. The molecule has 1 aromatic carbocycles. The molecule has 2 unspecified atom stereocenters. The molecule has 4 N–H and O–H groups in total. The molecule has 2 rings (SSSR count). The van der Waals surface area contributed by atoms with Crippen LogP contribution in [-0.2, 0) is 14.3 Å². The molecule has 36 heavy (non-hydrogen) atoms. The molecule has 10 nitrogen and oxygen atoms in total. The minimum Gasteiger partial charge on any atom is -0.479 e. The Morgan fingerprint density at radius 1 is 0.917 bits per heavy atom. The first kappa shape index (κ1) is 33.8. The van der Waals surface area contributed by atoms with Crippen molar-refractivity contribution in [2.45, 2.75) is 90.7 Å². The van der Waals surface area contributed by atoms with Crippen LogP contribution in [0.15, 0.2) is 30.3 Å². The third-order valence-electron chi connectivity index (χ3n) is 5.97. The average Bonchev–Trinajstić information content (AvgIpc) is 2.82. The van der Waals surface area contributed by atoms with Gasteiger partial charge in [0.2, 0.25) is 0 Å². The molecule has 10 heteroatoms. The lowest BCUT2D eigenvalue weighted by atomic mass is 9.80. The van der Waals surface area contributed by atoms with Crippen molar-refractivity contribution in [2.24, 2.45) is 0 Å². The van der Waals surface area contributed by atoms with Gasteiger partial charge in [0.15, 0.2) is 12.2 Å². The molecule has 1 fully saturated rings. The maximum Gasteiger partial charge on any atom is 0.335 e. The van der Waals surface area contributed by atoms with E-state index in [9.17, 15) is 9.59 Å². The monoisotopic (exact) mass is 514 g/mol. The first-order chi connectivity index (χ1) is 16.7. The molecule has 1 aliphatic heterocycles. The Kier molecular flexibility index (Phi) is 14.8. The number of carbonyl (C=O) groups is 2. The molecule has 0 aliphatic carbocycles. The van der Waals surface area contributed by atoms with Crippen molar-refractivity contribution in [3.8, 4) is 5.75 Å². The molecule has 1 aliphatic rings. The SMILES string of the molecule is CCN(CC)CC.COC1CC(C)(C)N(Oc2ccccc2)C(C)(C)C1.O=C(O)C(O)C(O)C(=O)O. The molecule has 1 aromatic rings. The van der Waals surface area contributed by atoms with Crippen LogP contribution in [0.25, 0.3) is 0 Å². The number of hydrogen-bond acceptors (Lipinski definition) is 8. The molecule has 0 spiro atoms. The van der Waals surface area contributed by atoms with Crippen molar-refractivity contribution in [3.05, 3.63) is 30.3 Å². The van der Waals surface area contributed by atoms with Crippen LogP contribution in [0.2, 0.25) is 0 Å². The molecule has 0 bridgehead atoms. The lowest BCUT2D eigenvalue weighted by Crippen LogP contribution is -2.63. The van der Waals surface area contributed by atoms with Gasteiger partial charge in [0, 0.05) is 7.11 Å². The van der Waals surface area contributed by atoms with Gasteiger partial charge in [-0.25, -0.2) is 9.59 Å². The maximum absolute atomic E-state index is 9.77. The zero-order chi connectivity index (χ0) is 28.1. The lowest BCUT2D eigenvalue weighted by molar-refractivity contribution is -0.236. The molecular weight excluding hydrogens is 468 g/mol. The molecule has 208 valence electrons. The van der Waals surface area contributed by atoms with Crippen molar-refractivity contribution in [1.29, 1.82) is 0 Å². The van der Waals surface area contributed by atoms with Crippen molar-refractivity contribution in [2.75, 3.05) is 26.7 Å². The van der Waals surface area contributed by atoms with E-state index in [4.69, 9.17) is 30.0 Å². The van der Waals surface area contributed by atoms with E-state index in [0.29, 0.717) is 6.10 Å². The second-order valence-electron chi connectivity index (χ2n) is 9.78. The van der Waals surface area contributed by atoms with E-state index in [0.717, 1.165) is 18.6 Å². The number of piperidine rings is 1. The van der Waals surface area contributed by atoms with Crippen molar-refractivity contribution in [1.82, 2.24) is 9.96 Å². The summed E-state index contributed by atoms with van der Waals surface area (Å²) in [5, 5.41) is 34.7. The summed E-state index contributed by atoms with van der Waals surface area (Å²) in [6.45, 7) is 19.0. The zero-order valence-electron chi connectivity index (χ0n) is 23.0. The average molecular weight is 515 g/mol. The summed E-state index contributed by atoms with van der Waals surface area (Å²) < 4.78 is 5.58. The number of benzene rings is 1. The number of hydroxylamine groups is 2. The Morgan fingerprint density at radius 3 is 1.58 bits per heavy atom. The number of methoxy groups -OCH3 is 1. The maximum atomic E-state index is 9.77. The van der Waals surface area contributed by atoms with Crippen molar-refractivity contribution < 1.29 is 39.6 Å². The van der Waals surface area contributed by atoms with E-state index in [-0.39, 0.29) is 11.1 Å².